The molecule has 7 nitrogen and oxygen atoms in total. The van der Waals surface area contributed by atoms with Crippen LogP contribution < -0.4 is 10.1 Å². The molecule has 0 aromatic carbocycles. The Morgan fingerprint density at radius 1 is 1.59 bits per heavy atom. The van der Waals surface area contributed by atoms with Gasteiger partial charge in [-0.15, -0.1) is 0 Å². The van der Waals surface area contributed by atoms with Gasteiger partial charge >= 0.3 is 6.03 Å². The Morgan fingerprint density at radius 2 is 2.41 bits per heavy atom. The minimum absolute atomic E-state index is 0.00415. The number of methoxy groups -OCH3 is 1. The van der Waals surface area contributed by atoms with Crippen LogP contribution >= 0.6 is 0 Å². The van der Waals surface area contributed by atoms with Crippen LogP contribution in [0.3, 0.4) is 0 Å². The zero-order valence-corrected chi connectivity index (χ0v) is 13.2. The molecule has 0 aliphatic carbocycles. The van der Waals surface area contributed by atoms with Crippen molar-refractivity contribution in [3.05, 3.63) is 18.5 Å². The summed E-state index contributed by atoms with van der Waals surface area (Å²) in [4.78, 5) is 18.3. The van der Waals surface area contributed by atoms with Crippen molar-refractivity contribution in [3.63, 3.8) is 0 Å². The molecule has 1 aromatic heterocycles. The molecule has 1 aromatic rings. The van der Waals surface area contributed by atoms with Gasteiger partial charge in [-0.1, -0.05) is 0 Å². The molecule has 2 rings (SSSR count). The third-order valence-electron chi connectivity index (χ3n) is 3.24. The molecule has 1 atom stereocenters. The van der Waals surface area contributed by atoms with Crippen LogP contribution in [-0.4, -0.2) is 61.5 Å². The molecule has 0 saturated carbocycles. The van der Waals surface area contributed by atoms with E-state index in [1.807, 2.05) is 13.8 Å². The van der Waals surface area contributed by atoms with E-state index < -0.39 is 0 Å². The Morgan fingerprint density at radius 3 is 3.14 bits per heavy atom. The number of anilines is 1. The van der Waals surface area contributed by atoms with E-state index in [2.05, 4.69) is 10.3 Å². The average molecular weight is 309 g/mol. The number of hydrogen-bond acceptors (Lipinski definition) is 5. The number of rotatable bonds is 5. The maximum absolute atomic E-state index is 12.5. The molecule has 1 aliphatic heterocycles. The highest BCUT2D eigenvalue weighted by atomic mass is 16.5. The number of pyridine rings is 1. The molecule has 7 heteroatoms. The first-order chi connectivity index (χ1) is 10.6. The van der Waals surface area contributed by atoms with Crippen LogP contribution in [0.25, 0.3) is 0 Å². The van der Waals surface area contributed by atoms with Gasteiger partial charge in [0.25, 0.3) is 0 Å². The maximum atomic E-state index is 12.5. The topological polar surface area (TPSA) is 72.9 Å². The van der Waals surface area contributed by atoms with Crippen LogP contribution in [0.5, 0.6) is 5.75 Å². The molecular formula is C15H23N3O4. The molecule has 1 fully saturated rings. The quantitative estimate of drug-likeness (QED) is 0.897. The molecule has 0 radical (unpaired) electrons. The van der Waals surface area contributed by atoms with E-state index in [0.717, 1.165) is 0 Å². The molecular weight excluding hydrogens is 286 g/mol. The van der Waals surface area contributed by atoms with Gasteiger partial charge in [-0.3, -0.25) is 4.98 Å². The number of nitrogens with one attached hydrogen (secondary N) is 1. The van der Waals surface area contributed by atoms with Gasteiger partial charge in [-0.25, -0.2) is 4.79 Å². The second-order valence-electron chi connectivity index (χ2n) is 5.35. The van der Waals surface area contributed by atoms with Crippen molar-refractivity contribution in [2.24, 2.45) is 0 Å². The second kappa shape index (κ2) is 7.95. The lowest BCUT2D eigenvalue weighted by molar-refractivity contribution is -0.0133. The Balaban J connectivity index is 2.07. The van der Waals surface area contributed by atoms with Gasteiger partial charge in [-0.05, 0) is 19.9 Å². The van der Waals surface area contributed by atoms with Crippen LogP contribution in [-0.2, 0) is 9.47 Å². The Kier molecular flexibility index (Phi) is 5.97. The third kappa shape index (κ3) is 4.32. The highest BCUT2D eigenvalue weighted by Gasteiger charge is 2.27. The van der Waals surface area contributed by atoms with Crippen molar-refractivity contribution in [1.82, 2.24) is 9.88 Å². The summed E-state index contributed by atoms with van der Waals surface area (Å²) < 4.78 is 16.2. The number of amides is 2. The van der Waals surface area contributed by atoms with Gasteiger partial charge < -0.3 is 24.4 Å². The molecule has 2 amide bonds. The molecule has 0 bridgehead atoms. The fraction of sp³-hybridized carbons (Fsp3) is 0.600. The summed E-state index contributed by atoms with van der Waals surface area (Å²) in [5.74, 6) is 0.558. The van der Waals surface area contributed by atoms with E-state index >= 15 is 0 Å². The molecule has 1 saturated heterocycles. The van der Waals surface area contributed by atoms with E-state index in [0.29, 0.717) is 37.8 Å². The van der Waals surface area contributed by atoms with Crippen LogP contribution in [0.2, 0.25) is 0 Å². The number of urea groups is 1. The minimum atomic E-state index is -0.190. The minimum Gasteiger partial charge on any atom is -0.487 e. The van der Waals surface area contributed by atoms with Crippen molar-refractivity contribution >= 4 is 11.7 Å². The second-order valence-corrected chi connectivity index (χ2v) is 5.35. The third-order valence-corrected chi connectivity index (χ3v) is 3.24. The van der Waals surface area contributed by atoms with Gasteiger partial charge in [0.05, 0.1) is 43.9 Å². The SMILES string of the molecule is COC[C@H]1COCCN1C(=O)Nc1ccncc1OC(C)C. The molecule has 2 heterocycles. The van der Waals surface area contributed by atoms with Gasteiger partial charge in [0.2, 0.25) is 0 Å². The number of hydrogen-bond donors (Lipinski definition) is 1. The van der Waals surface area contributed by atoms with Gasteiger partial charge in [-0.2, -0.15) is 0 Å². The van der Waals surface area contributed by atoms with Gasteiger partial charge in [0.1, 0.15) is 0 Å². The standard InChI is InChI=1S/C15H23N3O4/c1-11(2)22-14-8-16-5-4-13(14)17-15(19)18-6-7-21-10-12(18)9-20-3/h4-5,8,11-12H,6-7,9-10H2,1-3H3,(H,16,17,19)/t12-/m0/s1. The zero-order chi connectivity index (χ0) is 15.9. The summed E-state index contributed by atoms with van der Waals surface area (Å²) in [6.45, 7) is 5.83. The fourth-order valence-corrected chi connectivity index (χ4v) is 2.27. The predicted octanol–water partition coefficient (Wildman–Crippen LogP) is 1.75. The zero-order valence-electron chi connectivity index (χ0n) is 13.2. The van der Waals surface area contributed by atoms with Crippen molar-refractivity contribution in [3.8, 4) is 5.75 Å². The lowest BCUT2D eigenvalue weighted by Crippen LogP contribution is -2.52. The first-order valence-electron chi connectivity index (χ1n) is 7.36. The first kappa shape index (κ1) is 16.5. The van der Waals surface area contributed by atoms with Crippen LogP contribution in [0.1, 0.15) is 13.8 Å². The Bertz CT molecular complexity index is 493. The van der Waals surface area contributed by atoms with E-state index in [-0.39, 0.29) is 18.2 Å². The van der Waals surface area contributed by atoms with Crippen molar-refractivity contribution < 1.29 is 19.0 Å². The highest BCUT2D eigenvalue weighted by Crippen LogP contribution is 2.24. The summed E-state index contributed by atoms with van der Waals surface area (Å²) in [5, 5.41) is 2.88. The lowest BCUT2D eigenvalue weighted by Gasteiger charge is -2.35. The number of carbonyl (C=O) groups excluding carboxylic acids is 1. The Hall–Kier alpha value is -1.86. The number of aromatic nitrogens is 1. The average Bonchev–Trinajstić information content (AvgIpc) is 2.49. The molecule has 1 aliphatic rings. The van der Waals surface area contributed by atoms with Crippen LogP contribution in [0.15, 0.2) is 18.5 Å². The van der Waals surface area contributed by atoms with Gasteiger partial charge in [0, 0.05) is 19.9 Å². The van der Waals surface area contributed by atoms with Crippen molar-refractivity contribution in [2.45, 2.75) is 26.0 Å². The predicted molar refractivity (Wildman–Crippen MR) is 82.2 cm³/mol. The van der Waals surface area contributed by atoms with Crippen molar-refractivity contribution in [2.75, 3.05) is 38.8 Å². The number of nitrogens with zero attached hydrogens (tertiary/aromatic N) is 2. The molecule has 1 N–H and O–H groups in total. The first-order valence-corrected chi connectivity index (χ1v) is 7.36. The van der Waals surface area contributed by atoms with E-state index in [9.17, 15) is 4.79 Å². The molecule has 0 unspecified atom stereocenters. The highest BCUT2D eigenvalue weighted by molar-refractivity contribution is 5.91. The van der Waals surface area contributed by atoms with E-state index in [4.69, 9.17) is 14.2 Å². The summed E-state index contributed by atoms with van der Waals surface area (Å²) in [6.07, 6.45) is 3.22. The Labute approximate surface area is 130 Å². The largest absolute Gasteiger partial charge is 0.487 e. The summed E-state index contributed by atoms with van der Waals surface area (Å²) in [5.41, 5.74) is 0.608. The summed E-state index contributed by atoms with van der Waals surface area (Å²) >= 11 is 0. The maximum Gasteiger partial charge on any atom is 0.322 e. The molecule has 22 heavy (non-hydrogen) atoms. The normalized spacial score (nSPS) is 18.4. The van der Waals surface area contributed by atoms with E-state index in [1.54, 1.807) is 30.5 Å². The molecule has 122 valence electrons. The fourth-order valence-electron chi connectivity index (χ4n) is 2.27. The van der Waals surface area contributed by atoms with Crippen molar-refractivity contribution in [1.29, 1.82) is 0 Å². The smallest absolute Gasteiger partial charge is 0.322 e. The number of ether oxygens (including phenoxy) is 3. The van der Waals surface area contributed by atoms with Gasteiger partial charge in [0.15, 0.2) is 5.75 Å². The monoisotopic (exact) mass is 309 g/mol. The van der Waals surface area contributed by atoms with Crippen LogP contribution in [0, 0.1) is 0 Å². The number of morpholine rings is 1. The van der Waals surface area contributed by atoms with Crippen LogP contribution in [0.4, 0.5) is 10.5 Å². The summed E-state index contributed by atoms with van der Waals surface area (Å²) in [7, 11) is 1.61. The summed E-state index contributed by atoms with van der Waals surface area (Å²) in [6, 6.07) is 1.45. The van der Waals surface area contributed by atoms with E-state index in [1.165, 1.54) is 0 Å². The lowest BCUT2D eigenvalue weighted by atomic mass is 10.2. The number of carbonyl (C=O) groups is 1. The molecule has 0 spiro atoms.